The molecule has 1 N–H and O–H groups in total. The van der Waals surface area contributed by atoms with Crippen LogP contribution in [0.3, 0.4) is 0 Å². The average molecular weight is 302 g/mol. The van der Waals surface area contributed by atoms with Crippen LogP contribution in [0.4, 0.5) is 18.9 Å². The molecular formula is C15H21F3N2O. The van der Waals surface area contributed by atoms with Crippen molar-refractivity contribution in [2.45, 2.75) is 38.0 Å². The van der Waals surface area contributed by atoms with Crippen LogP contribution in [-0.4, -0.2) is 43.4 Å². The summed E-state index contributed by atoms with van der Waals surface area (Å²) in [5.41, 5.74) is 0.628. The van der Waals surface area contributed by atoms with E-state index in [0.717, 1.165) is 19.4 Å². The zero-order valence-electron chi connectivity index (χ0n) is 12.3. The van der Waals surface area contributed by atoms with Gasteiger partial charge in [-0.1, -0.05) is 12.1 Å². The zero-order valence-corrected chi connectivity index (χ0v) is 12.3. The van der Waals surface area contributed by atoms with Gasteiger partial charge in [-0.15, -0.1) is 0 Å². The average Bonchev–Trinajstić information content (AvgIpc) is 2.41. The molecule has 0 bridgehead atoms. The Morgan fingerprint density at radius 3 is 2.71 bits per heavy atom. The van der Waals surface area contributed by atoms with Crippen molar-refractivity contribution < 1.29 is 17.9 Å². The lowest BCUT2D eigenvalue weighted by molar-refractivity contribution is -0.153. The van der Waals surface area contributed by atoms with Crippen LogP contribution >= 0.6 is 0 Å². The molecule has 0 aromatic heterocycles. The van der Waals surface area contributed by atoms with E-state index in [4.69, 9.17) is 4.74 Å². The molecule has 0 radical (unpaired) electrons. The van der Waals surface area contributed by atoms with E-state index in [1.165, 1.54) is 0 Å². The number of benzene rings is 1. The molecule has 1 heterocycles. The second-order valence-corrected chi connectivity index (χ2v) is 5.60. The molecular weight excluding hydrogens is 281 g/mol. The van der Waals surface area contributed by atoms with Crippen LogP contribution < -0.4 is 10.1 Å². The van der Waals surface area contributed by atoms with Gasteiger partial charge in [0, 0.05) is 18.6 Å². The van der Waals surface area contributed by atoms with Gasteiger partial charge < -0.3 is 15.0 Å². The number of ether oxygens (including phenoxy) is 1. The minimum Gasteiger partial charge on any atom is -0.482 e. The van der Waals surface area contributed by atoms with E-state index in [9.17, 15) is 13.2 Å². The number of nitrogens with one attached hydrogen (secondary N) is 1. The molecule has 1 aliphatic rings. The number of hydrogen-bond donors (Lipinski definition) is 1. The third kappa shape index (κ3) is 4.81. The minimum atomic E-state index is -4.32. The second kappa shape index (κ2) is 6.56. The number of likely N-dealkylation sites (tertiary alicyclic amines) is 1. The van der Waals surface area contributed by atoms with E-state index < -0.39 is 12.8 Å². The number of alkyl halides is 3. The molecule has 1 aromatic rings. The number of halogens is 3. The Balaban J connectivity index is 2.00. The molecule has 118 valence electrons. The van der Waals surface area contributed by atoms with E-state index in [0.29, 0.717) is 11.7 Å². The molecule has 3 nitrogen and oxygen atoms in total. The lowest BCUT2D eigenvalue weighted by atomic mass is 9.98. The number of para-hydroxylation sites is 2. The molecule has 1 saturated heterocycles. The van der Waals surface area contributed by atoms with Crippen molar-refractivity contribution in [1.29, 1.82) is 0 Å². The predicted octanol–water partition coefficient (Wildman–Crippen LogP) is 3.52. The Bertz CT molecular complexity index is 464. The van der Waals surface area contributed by atoms with Crippen molar-refractivity contribution in [2.24, 2.45) is 0 Å². The molecule has 2 rings (SSSR count). The smallest absolute Gasteiger partial charge is 0.422 e. The normalized spacial score (nSPS) is 23.9. The van der Waals surface area contributed by atoms with Gasteiger partial charge in [-0.3, -0.25) is 0 Å². The number of hydrogen-bond acceptors (Lipinski definition) is 3. The van der Waals surface area contributed by atoms with Gasteiger partial charge >= 0.3 is 6.18 Å². The Morgan fingerprint density at radius 1 is 1.33 bits per heavy atom. The van der Waals surface area contributed by atoms with Gasteiger partial charge in [-0.2, -0.15) is 13.2 Å². The van der Waals surface area contributed by atoms with Crippen LogP contribution in [0.2, 0.25) is 0 Å². The zero-order chi connectivity index (χ0) is 15.5. The topological polar surface area (TPSA) is 24.5 Å². The number of piperidine rings is 1. The summed E-state index contributed by atoms with van der Waals surface area (Å²) in [5.74, 6) is 0.251. The van der Waals surface area contributed by atoms with Crippen molar-refractivity contribution in [3.8, 4) is 5.75 Å². The first-order chi connectivity index (χ1) is 9.85. The monoisotopic (exact) mass is 302 g/mol. The SMILES string of the molecule is CC1CC(Nc2ccccc2OCC(F)(F)F)CCN1C. The minimum absolute atomic E-state index is 0.251. The van der Waals surface area contributed by atoms with Crippen molar-refractivity contribution in [3.05, 3.63) is 24.3 Å². The Kier molecular flexibility index (Phi) is 4.98. The fourth-order valence-electron chi connectivity index (χ4n) is 2.51. The van der Waals surface area contributed by atoms with Crippen LogP contribution in [0.25, 0.3) is 0 Å². The highest BCUT2D eigenvalue weighted by Gasteiger charge is 2.29. The molecule has 2 atom stereocenters. The van der Waals surface area contributed by atoms with E-state index in [2.05, 4.69) is 24.2 Å². The summed E-state index contributed by atoms with van der Waals surface area (Å²) in [5, 5.41) is 3.32. The van der Waals surface area contributed by atoms with E-state index in [1.807, 2.05) is 0 Å². The van der Waals surface area contributed by atoms with Crippen molar-refractivity contribution in [1.82, 2.24) is 4.90 Å². The molecule has 1 aliphatic heterocycles. The summed E-state index contributed by atoms with van der Waals surface area (Å²) in [4.78, 5) is 2.28. The molecule has 1 fully saturated rings. The van der Waals surface area contributed by atoms with Crippen LogP contribution in [0, 0.1) is 0 Å². The lowest BCUT2D eigenvalue weighted by Gasteiger charge is -2.36. The van der Waals surface area contributed by atoms with Crippen LogP contribution in [0.1, 0.15) is 19.8 Å². The number of anilines is 1. The largest absolute Gasteiger partial charge is 0.482 e. The highest BCUT2D eigenvalue weighted by Crippen LogP contribution is 2.29. The molecule has 21 heavy (non-hydrogen) atoms. The van der Waals surface area contributed by atoms with E-state index in [1.54, 1.807) is 24.3 Å². The Hall–Kier alpha value is -1.43. The van der Waals surface area contributed by atoms with Gasteiger partial charge in [-0.05, 0) is 38.9 Å². The van der Waals surface area contributed by atoms with Crippen molar-refractivity contribution in [2.75, 3.05) is 25.5 Å². The molecule has 2 unspecified atom stereocenters. The molecule has 0 aliphatic carbocycles. The summed E-state index contributed by atoms with van der Waals surface area (Å²) in [6.45, 7) is 1.86. The number of rotatable bonds is 4. The summed E-state index contributed by atoms with van der Waals surface area (Å²) in [6, 6.07) is 7.50. The molecule has 0 amide bonds. The fraction of sp³-hybridized carbons (Fsp3) is 0.600. The predicted molar refractivity (Wildman–Crippen MR) is 76.7 cm³/mol. The van der Waals surface area contributed by atoms with Gasteiger partial charge in [0.25, 0.3) is 0 Å². The van der Waals surface area contributed by atoms with Gasteiger partial charge in [0.2, 0.25) is 0 Å². The first-order valence-corrected chi connectivity index (χ1v) is 7.10. The summed E-state index contributed by atoms with van der Waals surface area (Å²) < 4.78 is 41.7. The molecule has 6 heteroatoms. The van der Waals surface area contributed by atoms with Gasteiger partial charge in [0.1, 0.15) is 5.75 Å². The highest BCUT2D eigenvalue weighted by atomic mass is 19.4. The Morgan fingerprint density at radius 2 is 2.05 bits per heavy atom. The third-order valence-electron chi connectivity index (χ3n) is 3.85. The molecule has 1 aromatic carbocycles. The van der Waals surface area contributed by atoms with Crippen molar-refractivity contribution >= 4 is 5.69 Å². The molecule has 0 spiro atoms. The lowest BCUT2D eigenvalue weighted by Crippen LogP contribution is -2.42. The fourth-order valence-corrected chi connectivity index (χ4v) is 2.51. The highest BCUT2D eigenvalue weighted by molar-refractivity contribution is 5.56. The summed E-state index contributed by atoms with van der Waals surface area (Å²) in [7, 11) is 2.08. The van der Waals surface area contributed by atoms with Crippen LogP contribution in [0.15, 0.2) is 24.3 Å². The van der Waals surface area contributed by atoms with Crippen LogP contribution in [0.5, 0.6) is 5.75 Å². The summed E-state index contributed by atoms with van der Waals surface area (Å²) >= 11 is 0. The number of nitrogens with zero attached hydrogens (tertiary/aromatic N) is 1. The standard InChI is InChI=1S/C15H21F3N2O/c1-11-9-12(7-8-20(11)2)19-13-5-3-4-6-14(13)21-10-15(16,17)18/h3-6,11-12,19H,7-10H2,1-2H3. The Labute approximate surface area is 123 Å². The van der Waals surface area contributed by atoms with Crippen LogP contribution in [-0.2, 0) is 0 Å². The van der Waals surface area contributed by atoms with E-state index >= 15 is 0 Å². The van der Waals surface area contributed by atoms with Crippen molar-refractivity contribution in [3.63, 3.8) is 0 Å². The first-order valence-electron chi connectivity index (χ1n) is 7.10. The maximum atomic E-state index is 12.3. The van der Waals surface area contributed by atoms with E-state index in [-0.39, 0.29) is 11.8 Å². The third-order valence-corrected chi connectivity index (χ3v) is 3.85. The first kappa shape index (κ1) is 15.9. The quantitative estimate of drug-likeness (QED) is 0.921. The maximum Gasteiger partial charge on any atom is 0.422 e. The van der Waals surface area contributed by atoms with Gasteiger partial charge in [0.05, 0.1) is 5.69 Å². The van der Waals surface area contributed by atoms with Gasteiger partial charge in [-0.25, -0.2) is 0 Å². The molecule has 0 saturated carbocycles. The second-order valence-electron chi connectivity index (χ2n) is 5.60. The maximum absolute atomic E-state index is 12.3. The van der Waals surface area contributed by atoms with Gasteiger partial charge in [0.15, 0.2) is 6.61 Å². The summed E-state index contributed by atoms with van der Waals surface area (Å²) in [6.07, 6.45) is -2.40.